The highest BCUT2D eigenvalue weighted by Crippen LogP contribution is 2.23. The highest BCUT2D eigenvalue weighted by molar-refractivity contribution is 5.92. The number of amides is 1. The van der Waals surface area contributed by atoms with Gasteiger partial charge in [-0.3, -0.25) is 14.2 Å². The summed E-state index contributed by atoms with van der Waals surface area (Å²) in [5.41, 5.74) is 1.21. The van der Waals surface area contributed by atoms with Crippen molar-refractivity contribution in [3.8, 4) is 11.4 Å². The normalized spacial score (nSPS) is 10.9. The number of aromatic nitrogens is 4. The lowest BCUT2D eigenvalue weighted by molar-refractivity contribution is -0.116. The number of aryl methyl sites for hydroxylation is 1. The molecule has 0 atom stereocenters. The number of hydrogen-bond acceptors (Lipinski definition) is 5. The fraction of sp³-hybridized carbons (Fsp3) is 0.143. The Morgan fingerprint density at radius 1 is 1.17 bits per heavy atom. The number of carbonyl (C=O) groups excluding carboxylic acids is 1. The maximum Gasteiger partial charge on any atom is 0.264 e. The number of halogens is 1. The first-order valence-corrected chi connectivity index (χ1v) is 9.19. The molecule has 4 aromatic rings. The summed E-state index contributed by atoms with van der Waals surface area (Å²) in [7, 11) is 1.53. The van der Waals surface area contributed by atoms with Crippen molar-refractivity contribution in [2.75, 3.05) is 12.4 Å². The number of fused-ring (bicyclic) bond motifs is 1. The number of benzene rings is 2. The first-order valence-electron chi connectivity index (χ1n) is 9.19. The van der Waals surface area contributed by atoms with Gasteiger partial charge >= 0.3 is 0 Å². The summed E-state index contributed by atoms with van der Waals surface area (Å²) in [6, 6.07) is 12.8. The van der Waals surface area contributed by atoms with Crippen molar-refractivity contribution in [2.24, 2.45) is 0 Å². The summed E-state index contributed by atoms with van der Waals surface area (Å²) in [5.74, 6) is -0.0651. The summed E-state index contributed by atoms with van der Waals surface area (Å²) in [4.78, 5) is 29.4. The summed E-state index contributed by atoms with van der Waals surface area (Å²) < 4.78 is 21.2. The minimum Gasteiger partial charge on any atom is -0.495 e. The Labute approximate surface area is 170 Å². The van der Waals surface area contributed by atoms with Crippen LogP contribution in [0.25, 0.3) is 16.7 Å². The monoisotopic (exact) mass is 407 g/mol. The molecule has 9 heteroatoms. The van der Waals surface area contributed by atoms with E-state index >= 15 is 0 Å². The number of hydrogen-bond donors (Lipinski definition) is 1. The van der Waals surface area contributed by atoms with Gasteiger partial charge in [0.1, 0.15) is 17.0 Å². The second-order valence-electron chi connectivity index (χ2n) is 6.51. The van der Waals surface area contributed by atoms with E-state index in [1.54, 1.807) is 36.4 Å². The van der Waals surface area contributed by atoms with Crippen LogP contribution in [0.1, 0.15) is 6.42 Å². The van der Waals surface area contributed by atoms with Crippen LogP contribution in [0.3, 0.4) is 0 Å². The van der Waals surface area contributed by atoms with Crippen molar-refractivity contribution >= 4 is 22.6 Å². The van der Waals surface area contributed by atoms with Gasteiger partial charge in [-0.05, 0) is 36.4 Å². The first kappa shape index (κ1) is 19.3. The van der Waals surface area contributed by atoms with Crippen LogP contribution in [0.15, 0.2) is 65.8 Å². The Morgan fingerprint density at radius 3 is 2.70 bits per heavy atom. The molecule has 0 saturated carbocycles. The molecule has 1 amide bonds. The molecule has 0 bridgehead atoms. The van der Waals surface area contributed by atoms with Crippen LogP contribution >= 0.6 is 0 Å². The molecule has 1 N–H and O–H groups in total. The van der Waals surface area contributed by atoms with Gasteiger partial charge in [-0.1, -0.05) is 12.1 Å². The van der Waals surface area contributed by atoms with E-state index in [9.17, 15) is 14.0 Å². The van der Waals surface area contributed by atoms with Gasteiger partial charge in [0.05, 0.1) is 31.0 Å². The molecule has 2 aromatic carbocycles. The zero-order chi connectivity index (χ0) is 21.1. The molecule has 30 heavy (non-hydrogen) atoms. The van der Waals surface area contributed by atoms with Crippen LogP contribution in [0.5, 0.6) is 5.75 Å². The van der Waals surface area contributed by atoms with Gasteiger partial charge < -0.3 is 10.1 Å². The maximum atomic E-state index is 13.2. The molecule has 4 rings (SSSR count). The van der Waals surface area contributed by atoms with Crippen LogP contribution in [0.2, 0.25) is 0 Å². The van der Waals surface area contributed by atoms with Crippen molar-refractivity contribution < 1.29 is 13.9 Å². The van der Waals surface area contributed by atoms with Crippen LogP contribution in [0, 0.1) is 5.82 Å². The zero-order valence-corrected chi connectivity index (χ0v) is 16.1. The highest BCUT2D eigenvalue weighted by Gasteiger charge is 2.13. The topological polar surface area (TPSA) is 91.0 Å². The molecular formula is C21H18FN5O3. The van der Waals surface area contributed by atoms with Crippen molar-refractivity contribution in [3.63, 3.8) is 0 Å². The number of nitrogens with zero attached hydrogens (tertiary/aromatic N) is 4. The molecule has 0 unspecified atom stereocenters. The number of ether oxygens (including phenoxy) is 1. The van der Waals surface area contributed by atoms with Crippen LogP contribution in [-0.4, -0.2) is 32.3 Å². The third-order valence-electron chi connectivity index (χ3n) is 4.59. The molecular weight excluding hydrogens is 389 g/mol. The number of methoxy groups -OCH3 is 1. The Bertz CT molecular complexity index is 1260. The SMILES string of the molecule is COc1ccccc1NC(=O)CCn1cnc2c(cnn2-c2ccc(F)cc2)c1=O. The van der Waals surface area contributed by atoms with Crippen LogP contribution < -0.4 is 15.6 Å². The predicted molar refractivity (Wildman–Crippen MR) is 109 cm³/mol. The molecule has 152 valence electrons. The van der Waals surface area contributed by atoms with Crippen LogP contribution in [0.4, 0.5) is 10.1 Å². The zero-order valence-electron chi connectivity index (χ0n) is 16.1. The van der Waals surface area contributed by atoms with Gasteiger partial charge in [-0.25, -0.2) is 14.1 Å². The summed E-state index contributed by atoms with van der Waals surface area (Å²) >= 11 is 0. The maximum absolute atomic E-state index is 13.2. The van der Waals surface area contributed by atoms with Gasteiger partial charge in [-0.15, -0.1) is 0 Å². The molecule has 0 aliphatic heterocycles. The molecule has 0 aliphatic rings. The lowest BCUT2D eigenvalue weighted by Gasteiger charge is -2.10. The smallest absolute Gasteiger partial charge is 0.264 e. The Hall–Kier alpha value is -4.01. The van der Waals surface area contributed by atoms with E-state index in [0.29, 0.717) is 28.2 Å². The minimum absolute atomic E-state index is 0.0806. The first-order chi connectivity index (χ1) is 14.6. The van der Waals surface area contributed by atoms with Gasteiger partial charge in [0.2, 0.25) is 5.91 Å². The van der Waals surface area contributed by atoms with Crippen molar-refractivity contribution in [3.05, 3.63) is 77.2 Å². The van der Waals surface area contributed by atoms with Gasteiger partial charge in [0, 0.05) is 13.0 Å². The molecule has 2 aromatic heterocycles. The van der Waals surface area contributed by atoms with E-state index < -0.39 is 0 Å². The number of nitrogens with one attached hydrogen (secondary N) is 1. The Balaban J connectivity index is 1.51. The predicted octanol–water partition coefficient (Wildman–Crippen LogP) is 2.76. The average Bonchev–Trinajstić information content (AvgIpc) is 3.19. The van der Waals surface area contributed by atoms with E-state index in [0.717, 1.165) is 0 Å². The third-order valence-corrected chi connectivity index (χ3v) is 4.59. The van der Waals surface area contributed by atoms with Gasteiger partial charge in [0.15, 0.2) is 5.65 Å². The highest BCUT2D eigenvalue weighted by atomic mass is 19.1. The Morgan fingerprint density at radius 2 is 1.93 bits per heavy atom. The number of para-hydroxylation sites is 2. The van der Waals surface area contributed by atoms with E-state index in [1.807, 2.05) is 0 Å². The molecule has 0 aliphatic carbocycles. The fourth-order valence-corrected chi connectivity index (χ4v) is 3.06. The number of anilines is 1. The largest absolute Gasteiger partial charge is 0.495 e. The fourth-order valence-electron chi connectivity index (χ4n) is 3.06. The summed E-state index contributed by atoms with van der Waals surface area (Å²) in [6.07, 6.45) is 2.87. The van der Waals surface area contributed by atoms with Gasteiger partial charge in [-0.2, -0.15) is 5.10 Å². The summed E-state index contributed by atoms with van der Waals surface area (Å²) in [5, 5.41) is 7.28. The molecule has 0 saturated heterocycles. The lowest BCUT2D eigenvalue weighted by atomic mass is 10.2. The van der Waals surface area contributed by atoms with Gasteiger partial charge in [0.25, 0.3) is 5.56 Å². The molecule has 0 radical (unpaired) electrons. The minimum atomic E-state index is -0.364. The molecule has 0 spiro atoms. The molecule has 2 heterocycles. The molecule has 0 fully saturated rings. The van der Waals surface area contributed by atoms with E-state index in [-0.39, 0.29) is 30.2 Å². The van der Waals surface area contributed by atoms with Crippen LogP contribution in [-0.2, 0) is 11.3 Å². The van der Waals surface area contributed by atoms with E-state index in [4.69, 9.17) is 4.74 Å². The Kier molecular flexibility index (Phi) is 5.25. The number of carbonyl (C=O) groups is 1. The van der Waals surface area contributed by atoms with Crippen molar-refractivity contribution in [1.82, 2.24) is 19.3 Å². The lowest BCUT2D eigenvalue weighted by Crippen LogP contribution is -2.23. The molecule has 8 nitrogen and oxygen atoms in total. The van der Waals surface area contributed by atoms with Crippen molar-refractivity contribution in [1.29, 1.82) is 0 Å². The second kappa shape index (κ2) is 8.16. The second-order valence-corrected chi connectivity index (χ2v) is 6.51. The van der Waals surface area contributed by atoms with Crippen molar-refractivity contribution in [2.45, 2.75) is 13.0 Å². The van der Waals surface area contributed by atoms with E-state index in [1.165, 1.54) is 41.0 Å². The third kappa shape index (κ3) is 3.77. The quantitative estimate of drug-likeness (QED) is 0.531. The van der Waals surface area contributed by atoms with E-state index in [2.05, 4.69) is 15.4 Å². The standard InChI is InChI=1S/C21H18FN5O3/c1-30-18-5-3-2-4-17(18)25-19(28)10-11-26-13-23-20-16(21(26)29)12-24-27(20)15-8-6-14(22)7-9-15/h2-9,12-13H,10-11H2,1H3,(H,25,28). The summed E-state index contributed by atoms with van der Waals surface area (Å²) in [6.45, 7) is 0.157. The average molecular weight is 407 g/mol. The number of rotatable bonds is 6.